The van der Waals surface area contributed by atoms with E-state index in [4.69, 9.17) is 0 Å². The summed E-state index contributed by atoms with van der Waals surface area (Å²) in [5.74, 6) is -0.211. The van der Waals surface area contributed by atoms with Gasteiger partial charge in [0.15, 0.2) is 0 Å². The molecule has 0 bridgehead atoms. The highest BCUT2D eigenvalue weighted by atomic mass is 16.5. The number of nitrogens with one attached hydrogen (secondary N) is 1. The molecule has 0 heterocycles. The Hall–Kier alpha value is -1.84. The molecular weight excluding hydrogens is 230 g/mol. The van der Waals surface area contributed by atoms with E-state index in [0.717, 1.165) is 6.42 Å². The number of amides is 1. The first-order valence-corrected chi connectivity index (χ1v) is 6.06. The molecule has 0 saturated heterocycles. The lowest BCUT2D eigenvalue weighted by Crippen LogP contribution is -2.40. The first kappa shape index (κ1) is 12.6. The highest BCUT2D eigenvalue weighted by Gasteiger charge is 2.44. The quantitative estimate of drug-likeness (QED) is 0.820. The van der Waals surface area contributed by atoms with Gasteiger partial charge in [0.2, 0.25) is 5.91 Å². The molecule has 1 N–H and O–H groups in total. The average Bonchev–Trinajstić information content (AvgIpc) is 3.19. The van der Waals surface area contributed by atoms with Crippen molar-refractivity contribution in [1.29, 1.82) is 0 Å². The summed E-state index contributed by atoms with van der Waals surface area (Å²) in [6.45, 7) is 1.63. The summed E-state index contributed by atoms with van der Waals surface area (Å²) >= 11 is 0. The third-order valence-corrected chi connectivity index (χ3v) is 3.27. The number of carbonyl (C=O) groups excluding carboxylic acids is 2. The second kappa shape index (κ2) is 5.21. The van der Waals surface area contributed by atoms with E-state index in [1.165, 1.54) is 12.7 Å². The molecule has 0 aromatic heterocycles. The fraction of sp³-hybridized carbons (Fsp3) is 0.429. The lowest BCUT2D eigenvalue weighted by atomic mass is 10.1. The maximum atomic E-state index is 11.9. The van der Waals surface area contributed by atoms with Gasteiger partial charge in [-0.15, -0.1) is 0 Å². The van der Waals surface area contributed by atoms with Gasteiger partial charge in [-0.1, -0.05) is 30.3 Å². The maximum absolute atomic E-state index is 11.9. The molecule has 18 heavy (non-hydrogen) atoms. The minimum Gasteiger partial charge on any atom is -0.467 e. The number of carbonyl (C=O) groups is 2. The number of ether oxygens (including phenoxy) is 1. The second-order valence-corrected chi connectivity index (χ2v) is 4.61. The van der Waals surface area contributed by atoms with E-state index in [9.17, 15) is 9.59 Å². The van der Waals surface area contributed by atoms with E-state index < -0.39 is 12.0 Å². The van der Waals surface area contributed by atoms with Gasteiger partial charge < -0.3 is 10.1 Å². The lowest BCUT2D eigenvalue weighted by molar-refractivity contribution is -0.144. The molecule has 3 atom stereocenters. The van der Waals surface area contributed by atoms with Crippen molar-refractivity contribution >= 4 is 11.9 Å². The molecule has 1 aliphatic rings. The Morgan fingerprint density at radius 1 is 1.33 bits per heavy atom. The Morgan fingerprint density at radius 2 is 2.00 bits per heavy atom. The number of hydrogen-bond acceptors (Lipinski definition) is 3. The Balaban J connectivity index is 1.88. The van der Waals surface area contributed by atoms with E-state index in [0.29, 0.717) is 0 Å². The van der Waals surface area contributed by atoms with Gasteiger partial charge in [0.1, 0.15) is 6.04 Å². The van der Waals surface area contributed by atoms with E-state index in [1.807, 2.05) is 30.3 Å². The highest BCUT2D eigenvalue weighted by Crippen LogP contribution is 2.47. The molecular formula is C14H17NO3. The predicted molar refractivity (Wildman–Crippen MR) is 66.9 cm³/mol. The minimum atomic E-state index is -0.584. The van der Waals surface area contributed by atoms with Gasteiger partial charge in [-0.2, -0.15) is 0 Å². The summed E-state index contributed by atoms with van der Waals surface area (Å²) in [7, 11) is 1.31. The van der Waals surface area contributed by atoms with Crippen LogP contribution in [-0.2, 0) is 14.3 Å². The van der Waals surface area contributed by atoms with Crippen molar-refractivity contribution in [2.75, 3.05) is 7.11 Å². The minimum absolute atomic E-state index is 0.0143. The smallest absolute Gasteiger partial charge is 0.328 e. The average molecular weight is 247 g/mol. The first-order valence-electron chi connectivity index (χ1n) is 6.06. The third kappa shape index (κ3) is 2.70. The molecule has 2 rings (SSSR count). The molecule has 1 aliphatic carbocycles. The highest BCUT2D eigenvalue weighted by molar-refractivity contribution is 5.87. The zero-order valence-electron chi connectivity index (χ0n) is 10.6. The fourth-order valence-corrected chi connectivity index (χ4v) is 2.11. The van der Waals surface area contributed by atoms with Crippen molar-refractivity contribution in [2.24, 2.45) is 5.92 Å². The molecule has 0 radical (unpaired) electrons. The largest absolute Gasteiger partial charge is 0.467 e. The lowest BCUT2D eigenvalue weighted by Gasteiger charge is -2.11. The predicted octanol–water partition coefficient (Wildman–Crippen LogP) is 1.47. The number of methoxy groups -OCH3 is 1. The molecule has 1 aromatic rings. The summed E-state index contributed by atoms with van der Waals surface area (Å²) in [6, 6.07) is 9.38. The van der Waals surface area contributed by atoms with Gasteiger partial charge in [-0.25, -0.2) is 4.79 Å². The molecule has 2 unspecified atom stereocenters. The SMILES string of the molecule is COC(=O)[C@H](C)NC(=O)C1CC1c1ccccc1. The number of esters is 1. The molecule has 4 heteroatoms. The van der Waals surface area contributed by atoms with Crippen LogP contribution in [0.2, 0.25) is 0 Å². The standard InChI is InChI=1S/C14H17NO3/c1-9(14(17)18-2)15-13(16)12-8-11(12)10-6-4-3-5-7-10/h3-7,9,11-12H,8H2,1-2H3,(H,15,16)/t9-,11?,12?/m0/s1. The summed E-state index contributed by atoms with van der Waals surface area (Å²) in [5, 5.41) is 2.68. The van der Waals surface area contributed by atoms with Gasteiger partial charge in [-0.05, 0) is 24.8 Å². The van der Waals surface area contributed by atoms with Gasteiger partial charge in [-0.3, -0.25) is 4.79 Å². The van der Waals surface area contributed by atoms with Crippen molar-refractivity contribution in [1.82, 2.24) is 5.32 Å². The summed E-state index contributed by atoms with van der Waals surface area (Å²) in [6.07, 6.45) is 0.851. The molecule has 4 nitrogen and oxygen atoms in total. The molecule has 1 fully saturated rings. The third-order valence-electron chi connectivity index (χ3n) is 3.27. The number of benzene rings is 1. The van der Waals surface area contributed by atoms with E-state index in [2.05, 4.69) is 10.1 Å². The normalized spacial score (nSPS) is 23.0. The zero-order chi connectivity index (χ0) is 13.1. The van der Waals surface area contributed by atoms with Crippen LogP contribution in [0.3, 0.4) is 0 Å². The van der Waals surface area contributed by atoms with Crippen LogP contribution in [0.5, 0.6) is 0 Å². The molecule has 1 aromatic carbocycles. The summed E-state index contributed by atoms with van der Waals surface area (Å²) in [5.41, 5.74) is 1.18. The Bertz CT molecular complexity index is 444. The van der Waals surface area contributed by atoms with Crippen LogP contribution in [0.4, 0.5) is 0 Å². The monoisotopic (exact) mass is 247 g/mol. The molecule has 96 valence electrons. The maximum Gasteiger partial charge on any atom is 0.328 e. The molecule has 1 amide bonds. The number of hydrogen-bond donors (Lipinski definition) is 1. The Labute approximate surface area is 106 Å². The van der Waals surface area contributed by atoms with Crippen LogP contribution in [-0.4, -0.2) is 25.0 Å². The van der Waals surface area contributed by atoms with Gasteiger partial charge in [0, 0.05) is 5.92 Å². The van der Waals surface area contributed by atoms with Gasteiger partial charge in [0.25, 0.3) is 0 Å². The molecule has 1 saturated carbocycles. The van der Waals surface area contributed by atoms with Crippen molar-refractivity contribution in [3.05, 3.63) is 35.9 Å². The summed E-state index contributed by atoms with van der Waals surface area (Å²) in [4.78, 5) is 23.1. The van der Waals surface area contributed by atoms with E-state index in [1.54, 1.807) is 6.92 Å². The van der Waals surface area contributed by atoms with E-state index >= 15 is 0 Å². The van der Waals surface area contributed by atoms with Crippen molar-refractivity contribution in [3.8, 4) is 0 Å². The van der Waals surface area contributed by atoms with Crippen LogP contribution in [0.15, 0.2) is 30.3 Å². The topological polar surface area (TPSA) is 55.4 Å². The first-order chi connectivity index (χ1) is 8.63. The number of rotatable bonds is 4. The Morgan fingerprint density at radius 3 is 2.61 bits per heavy atom. The van der Waals surface area contributed by atoms with Crippen molar-refractivity contribution in [3.63, 3.8) is 0 Å². The van der Waals surface area contributed by atoms with Gasteiger partial charge >= 0.3 is 5.97 Å². The van der Waals surface area contributed by atoms with Crippen LogP contribution in [0, 0.1) is 5.92 Å². The van der Waals surface area contributed by atoms with E-state index in [-0.39, 0.29) is 17.7 Å². The zero-order valence-corrected chi connectivity index (χ0v) is 10.6. The fourth-order valence-electron chi connectivity index (χ4n) is 2.11. The second-order valence-electron chi connectivity index (χ2n) is 4.61. The Kier molecular flexibility index (Phi) is 3.65. The van der Waals surface area contributed by atoms with Crippen LogP contribution in [0.1, 0.15) is 24.8 Å². The van der Waals surface area contributed by atoms with Gasteiger partial charge in [0.05, 0.1) is 7.11 Å². The molecule has 0 spiro atoms. The van der Waals surface area contributed by atoms with Crippen LogP contribution < -0.4 is 5.32 Å². The van der Waals surface area contributed by atoms with Crippen LogP contribution in [0.25, 0.3) is 0 Å². The van der Waals surface area contributed by atoms with Crippen molar-refractivity contribution < 1.29 is 14.3 Å². The summed E-state index contributed by atoms with van der Waals surface area (Å²) < 4.78 is 4.57. The van der Waals surface area contributed by atoms with Crippen molar-refractivity contribution in [2.45, 2.75) is 25.3 Å². The van der Waals surface area contributed by atoms with Crippen LogP contribution >= 0.6 is 0 Å². The molecule has 0 aliphatic heterocycles.